The standard InChI is InChI=1S/C32H52N4O12S2/c1-18(30(23(40)16-37)48-32-29(45)28(44)27(43)24(17-38)47-32)22(39)14-35-20-8-6-19(7-9-20)31(46)34-12-11-33-26(42)15-36-25(41)5-3-2-4-21-10-13-49-50-21/h6-9,18,21-24,27-30,32,35,37-40,43-45H,2-5,10-17H2,1H3,(H,33,42)(H,34,46)(H,36,41). The Hall–Kier alpha value is -2.23. The van der Waals surface area contributed by atoms with E-state index in [0.717, 1.165) is 19.3 Å². The van der Waals surface area contributed by atoms with Crippen molar-refractivity contribution in [3.63, 3.8) is 0 Å². The fraction of sp³-hybridized carbons (Fsp3) is 0.719. The van der Waals surface area contributed by atoms with E-state index >= 15 is 0 Å². The first-order valence-electron chi connectivity index (χ1n) is 16.8. The van der Waals surface area contributed by atoms with Gasteiger partial charge in [-0.15, -0.1) is 0 Å². The summed E-state index contributed by atoms with van der Waals surface area (Å²) in [5, 5.41) is 82.2. The van der Waals surface area contributed by atoms with E-state index in [4.69, 9.17) is 9.47 Å². The van der Waals surface area contributed by atoms with Gasteiger partial charge < -0.3 is 66.5 Å². The van der Waals surface area contributed by atoms with Crippen LogP contribution >= 0.6 is 21.6 Å². The molecule has 2 aliphatic heterocycles. The minimum Gasteiger partial charge on any atom is -0.394 e. The SMILES string of the molecule is CC(C(O)CNc1ccc(C(=O)NCCNC(=O)CNC(=O)CCCCC2CCSS2)cc1)C(OC1OC(CO)C(O)C(O)C1O)C(O)CO. The lowest BCUT2D eigenvalue weighted by Gasteiger charge is -2.42. The summed E-state index contributed by atoms with van der Waals surface area (Å²) in [6.45, 7) is 0.284. The Labute approximate surface area is 299 Å². The molecule has 18 heteroatoms. The second kappa shape index (κ2) is 22.0. The number of hydrogen-bond donors (Lipinski definition) is 11. The van der Waals surface area contributed by atoms with Gasteiger partial charge >= 0.3 is 0 Å². The second-order valence-electron chi connectivity index (χ2n) is 12.4. The largest absolute Gasteiger partial charge is 0.394 e. The van der Waals surface area contributed by atoms with Crippen LogP contribution in [0.2, 0.25) is 0 Å². The molecule has 0 radical (unpaired) electrons. The maximum Gasteiger partial charge on any atom is 0.251 e. The third kappa shape index (κ3) is 13.4. The molecular weight excluding hydrogens is 697 g/mol. The molecule has 0 saturated carbocycles. The normalized spacial score (nSPS) is 26.0. The Morgan fingerprint density at radius 2 is 1.66 bits per heavy atom. The van der Waals surface area contributed by atoms with Crippen molar-refractivity contribution in [2.45, 2.75) is 93.3 Å². The number of carbonyl (C=O) groups is 3. The molecule has 11 N–H and O–H groups in total. The fourth-order valence-electron chi connectivity index (χ4n) is 5.40. The monoisotopic (exact) mass is 748 g/mol. The Bertz CT molecular complexity index is 1180. The summed E-state index contributed by atoms with van der Waals surface area (Å²) in [7, 11) is 3.83. The van der Waals surface area contributed by atoms with Crippen LogP contribution in [0.25, 0.3) is 0 Å². The van der Waals surface area contributed by atoms with Crippen molar-refractivity contribution in [2.24, 2.45) is 5.92 Å². The van der Waals surface area contributed by atoms with Gasteiger partial charge in [0, 0.05) is 54.2 Å². The molecule has 2 fully saturated rings. The van der Waals surface area contributed by atoms with Crippen LogP contribution in [0.3, 0.4) is 0 Å². The van der Waals surface area contributed by atoms with E-state index in [-0.39, 0.29) is 43.9 Å². The van der Waals surface area contributed by atoms with E-state index in [1.54, 1.807) is 24.3 Å². The molecule has 2 heterocycles. The molecule has 3 amide bonds. The molecule has 2 saturated heterocycles. The molecule has 0 aromatic heterocycles. The number of carbonyl (C=O) groups excluding carboxylic acids is 3. The zero-order chi connectivity index (χ0) is 36.6. The van der Waals surface area contributed by atoms with Crippen LogP contribution in [0.5, 0.6) is 0 Å². The number of unbranched alkanes of at least 4 members (excludes halogenated alkanes) is 1. The van der Waals surface area contributed by atoms with Gasteiger partial charge in [0.05, 0.1) is 32.0 Å². The molecule has 10 unspecified atom stereocenters. The average Bonchev–Trinajstić information content (AvgIpc) is 3.65. The highest BCUT2D eigenvalue weighted by molar-refractivity contribution is 8.77. The maximum atomic E-state index is 12.5. The van der Waals surface area contributed by atoms with Crippen LogP contribution in [0.1, 0.15) is 49.4 Å². The summed E-state index contributed by atoms with van der Waals surface area (Å²) in [6, 6.07) is 6.36. The number of aliphatic hydroxyl groups is 7. The van der Waals surface area contributed by atoms with Gasteiger partial charge in [0.2, 0.25) is 11.8 Å². The van der Waals surface area contributed by atoms with Crippen LogP contribution in [0.4, 0.5) is 5.69 Å². The van der Waals surface area contributed by atoms with Gasteiger partial charge in [-0.25, -0.2) is 0 Å². The highest BCUT2D eigenvalue weighted by Gasteiger charge is 2.46. The molecule has 50 heavy (non-hydrogen) atoms. The minimum atomic E-state index is -1.73. The smallest absolute Gasteiger partial charge is 0.251 e. The van der Waals surface area contributed by atoms with Crippen molar-refractivity contribution in [1.29, 1.82) is 0 Å². The average molecular weight is 749 g/mol. The summed E-state index contributed by atoms with van der Waals surface area (Å²) in [5.74, 6) is -0.537. The number of benzene rings is 1. The summed E-state index contributed by atoms with van der Waals surface area (Å²) in [4.78, 5) is 36.6. The number of hydrogen-bond acceptors (Lipinski definition) is 15. The van der Waals surface area contributed by atoms with Crippen molar-refractivity contribution in [1.82, 2.24) is 16.0 Å². The van der Waals surface area contributed by atoms with Gasteiger partial charge in [0.25, 0.3) is 5.91 Å². The molecule has 1 aromatic rings. The van der Waals surface area contributed by atoms with Gasteiger partial charge in [-0.2, -0.15) is 0 Å². The van der Waals surface area contributed by atoms with Crippen molar-refractivity contribution in [3.8, 4) is 0 Å². The number of rotatable bonds is 21. The predicted octanol–water partition coefficient (Wildman–Crippen LogP) is -1.69. The fourth-order valence-corrected chi connectivity index (χ4v) is 8.43. The van der Waals surface area contributed by atoms with Crippen molar-refractivity contribution < 1.29 is 59.6 Å². The molecule has 2 aliphatic rings. The first-order valence-corrected chi connectivity index (χ1v) is 19.2. The minimum absolute atomic E-state index is 0.0431. The van der Waals surface area contributed by atoms with Crippen LogP contribution < -0.4 is 21.3 Å². The molecule has 3 rings (SSSR count). The van der Waals surface area contributed by atoms with Crippen molar-refractivity contribution in [2.75, 3.05) is 50.5 Å². The van der Waals surface area contributed by atoms with Crippen LogP contribution in [-0.4, -0.2) is 153 Å². The van der Waals surface area contributed by atoms with Crippen LogP contribution in [0.15, 0.2) is 24.3 Å². The number of anilines is 1. The summed E-state index contributed by atoms with van der Waals surface area (Å²) in [6.07, 6.45) is -7.32. The molecular formula is C32H52N4O12S2. The molecule has 0 spiro atoms. The first-order chi connectivity index (χ1) is 23.9. The van der Waals surface area contributed by atoms with Crippen LogP contribution in [0, 0.1) is 5.92 Å². The molecule has 0 bridgehead atoms. The van der Waals surface area contributed by atoms with E-state index in [1.807, 2.05) is 21.6 Å². The van der Waals surface area contributed by atoms with Gasteiger partial charge in [-0.05, 0) is 43.5 Å². The quantitative estimate of drug-likeness (QED) is 0.0495. The van der Waals surface area contributed by atoms with Crippen molar-refractivity contribution in [3.05, 3.63) is 29.8 Å². The number of nitrogens with one attached hydrogen (secondary N) is 4. The zero-order valence-corrected chi connectivity index (χ0v) is 29.7. The predicted molar refractivity (Wildman–Crippen MR) is 187 cm³/mol. The molecule has 0 aliphatic carbocycles. The number of amides is 3. The summed E-state index contributed by atoms with van der Waals surface area (Å²) < 4.78 is 11.0. The molecule has 10 atom stereocenters. The lowest BCUT2D eigenvalue weighted by Crippen LogP contribution is -2.61. The third-order valence-corrected chi connectivity index (χ3v) is 11.6. The summed E-state index contributed by atoms with van der Waals surface area (Å²) >= 11 is 0. The highest BCUT2D eigenvalue weighted by atomic mass is 33.1. The van der Waals surface area contributed by atoms with E-state index in [2.05, 4.69) is 21.3 Å². The van der Waals surface area contributed by atoms with Gasteiger partial charge in [0.15, 0.2) is 6.29 Å². The zero-order valence-electron chi connectivity index (χ0n) is 28.1. The topological polar surface area (TPSA) is 259 Å². The molecule has 284 valence electrons. The molecule has 16 nitrogen and oxygen atoms in total. The van der Waals surface area contributed by atoms with Gasteiger partial charge in [-0.1, -0.05) is 34.9 Å². The van der Waals surface area contributed by atoms with E-state index in [1.165, 1.54) is 19.1 Å². The van der Waals surface area contributed by atoms with Gasteiger partial charge in [0.1, 0.15) is 30.5 Å². The van der Waals surface area contributed by atoms with E-state index in [9.17, 15) is 50.1 Å². The lowest BCUT2D eigenvalue weighted by atomic mass is 9.93. The Morgan fingerprint density at radius 1 is 0.940 bits per heavy atom. The Balaban J connectivity index is 1.34. The Morgan fingerprint density at radius 3 is 2.32 bits per heavy atom. The Kier molecular flexibility index (Phi) is 18.5. The van der Waals surface area contributed by atoms with E-state index < -0.39 is 68.1 Å². The highest BCUT2D eigenvalue weighted by Crippen LogP contribution is 2.39. The lowest BCUT2D eigenvalue weighted by molar-refractivity contribution is -0.323. The first kappa shape index (κ1) is 42.2. The number of ether oxygens (including phenoxy) is 2. The number of aliphatic hydroxyl groups excluding tert-OH is 7. The van der Waals surface area contributed by atoms with Gasteiger partial charge in [-0.3, -0.25) is 14.4 Å². The third-order valence-electron chi connectivity index (χ3n) is 8.58. The van der Waals surface area contributed by atoms with Crippen LogP contribution in [-0.2, 0) is 19.1 Å². The molecule has 1 aromatic carbocycles. The second-order valence-corrected chi connectivity index (χ2v) is 15.2. The summed E-state index contributed by atoms with van der Waals surface area (Å²) in [5.41, 5.74) is 0.913. The van der Waals surface area contributed by atoms with Crippen molar-refractivity contribution >= 4 is 45.0 Å². The van der Waals surface area contributed by atoms with E-state index in [0.29, 0.717) is 22.9 Å². The maximum absolute atomic E-state index is 12.5.